The van der Waals surface area contributed by atoms with Crippen molar-refractivity contribution in [3.8, 4) is 0 Å². The van der Waals surface area contributed by atoms with E-state index in [4.69, 9.17) is 0 Å². The molecule has 0 bridgehead atoms. The standard InChI is InChI=1S/C12H22N4O2/c1-8(2)12(3,4)7-13-9-10(17)15(5)11(18)16(6)14-9/h8H,7H2,1-6H3,(H,13,14). The number of anilines is 1. The SMILES string of the molecule is CC(C)C(C)(C)CNc1nn(C)c(=O)n(C)c1=O. The Morgan fingerprint density at radius 3 is 2.33 bits per heavy atom. The number of nitrogens with zero attached hydrogens (tertiary/aromatic N) is 3. The van der Waals surface area contributed by atoms with Crippen molar-refractivity contribution in [3.63, 3.8) is 0 Å². The summed E-state index contributed by atoms with van der Waals surface area (Å²) in [6.07, 6.45) is 0. The van der Waals surface area contributed by atoms with Crippen molar-refractivity contribution in [2.75, 3.05) is 11.9 Å². The number of aromatic nitrogens is 3. The summed E-state index contributed by atoms with van der Waals surface area (Å²) in [5.41, 5.74) is -0.771. The number of hydrogen-bond acceptors (Lipinski definition) is 4. The van der Waals surface area contributed by atoms with Crippen LogP contribution in [0.5, 0.6) is 0 Å². The van der Waals surface area contributed by atoms with Gasteiger partial charge >= 0.3 is 5.69 Å². The van der Waals surface area contributed by atoms with Crippen molar-refractivity contribution >= 4 is 5.82 Å². The van der Waals surface area contributed by atoms with Gasteiger partial charge in [-0.15, -0.1) is 5.10 Å². The summed E-state index contributed by atoms with van der Waals surface area (Å²) in [6, 6.07) is 0. The minimum atomic E-state index is -0.423. The molecule has 0 fully saturated rings. The van der Waals surface area contributed by atoms with E-state index in [0.717, 1.165) is 9.25 Å². The van der Waals surface area contributed by atoms with Crippen LogP contribution in [-0.4, -0.2) is 20.9 Å². The van der Waals surface area contributed by atoms with Gasteiger partial charge in [-0.2, -0.15) is 0 Å². The highest BCUT2D eigenvalue weighted by atomic mass is 16.2. The van der Waals surface area contributed by atoms with Crippen molar-refractivity contribution in [3.05, 3.63) is 20.8 Å². The Balaban J connectivity index is 3.01. The van der Waals surface area contributed by atoms with Gasteiger partial charge in [-0.05, 0) is 11.3 Å². The molecule has 6 heteroatoms. The molecular weight excluding hydrogens is 232 g/mol. The summed E-state index contributed by atoms with van der Waals surface area (Å²) in [7, 11) is 2.98. The molecule has 0 aliphatic rings. The van der Waals surface area contributed by atoms with Gasteiger partial charge < -0.3 is 5.32 Å². The van der Waals surface area contributed by atoms with Gasteiger partial charge in [0.05, 0.1) is 0 Å². The Morgan fingerprint density at radius 1 is 1.28 bits per heavy atom. The highest BCUT2D eigenvalue weighted by Crippen LogP contribution is 2.25. The zero-order valence-corrected chi connectivity index (χ0v) is 11.9. The van der Waals surface area contributed by atoms with E-state index in [1.807, 2.05) is 0 Å². The van der Waals surface area contributed by atoms with E-state index in [9.17, 15) is 9.59 Å². The molecule has 0 radical (unpaired) electrons. The summed E-state index contributed by atoms with van der Waals surface area (Å²) in [4.78, 5) is 23.3. The summed E-state index contributed by atoms with van der Waals surface area (Å²) in [6.45, 7) is 9.14. The zero-order chi connectivity index (χ0) is 14.1. The van der Waals surface area contributed by atoms with E-state index in [1.165, 1.54) is 14.1 Å². The van der Waals surface area contributed by atoms with E-state index in [1.54, 1.807) is 0 Å². The van der Waals surface area contributed by atoms with Crippen LogP contribution in [0, 0.1) is 11.3 Å². The number of rotatable bonds is 4. The Morgan fingerprint density at radius 2 is 1.83 bits per heavy atom. The first kappa shape index (κ1) is 14.5. The fourth-order valence-electron chi connectivity index (χ4n) is 1.32. The minimum Gasteiger partial charge on any atom is -0.363 e. The van der Waals surface area contributed by atoms with Crippen molar-refractivity contribution in [1.29, 1.82) is 0 Å². The van der Waals surface area contributed by atoms with Crippen LogP contribution in [0.2, 0.25) is 0 Å². The third-order valence-corrected chi connectivity index (χ3v) is 3.60. The Hall–Kier alpha value is -1.59. The van der Waals surface area contributed by atoms with Crippen LogP contribution in [0.3, 0.4) is 0 Å². The topological polar surface area (TPSA) is 68.9 Å². The Bertz CT molecular complexity index is 540. The van der Waals surface area contributed by atoms with Crippen LogP contribution in [0.4, 0.5) is 5.82 Å². The van der Waals surface area contributed by atoms with Gasteiger partial charge in [0.1, 0.15) is 0 Å². The summed E-state index contributed by atoms with van der Waals surface area (Å²) >= 11 is 0. The molecule has 0 aliphatic carbocycles. The summed E-state index contributed by atoms with van der Waals surface area (Å²) in [5.74, 6) is 0.690. The maximum Gasteiger partial charge on any atom is 0.346 e. The molecule has 102 valence electrons. The molecule has 1 rings (SSSR count). The van der Waals surface area contributed by atoms with Gasteiger partial charge in [0, 0.05) is 20.6 Å². The summed E-state index contributed by atoms with van der Waals surface area (Å²) < 4.78 is 2.21. The second kappa shape index (κ2) is 4.96. The lowest BCUT2D eigenvalue weighted by atomic mass is 9.81. The van der Waals surface area contributed by atoms with Crippen molar-refractivity contribution in [2.24, 2.45) is 25.4 Å². The lowest BCUT2D eigenvalue weighted by molar-refractivity contribution is 0.269. The average molecular weight is 254 g/mol. The molecule has 0 saturated carbocycles. The molecule has 1 aromatic rings. The highest BCUT2D eigenvalue weighted by molar-refractivity contribution is 5.29. The molecule has 0 saturated heterocycles. The molecule has 0 aromatic carbocycles. The third-order valence-electron chi connectivity index (χ3n) is 3.60. The molecule has 1 aromatic heterocycles. The molecule has 18 heavy (non-hydrogen) atoms. The molecule has 0 amide bonds. The van der Waals surface area contributed by atoms with Crippen LogP contribution in [0.25, 0.3) is 0 Å². The van der Waals surface area contributed by atoms with E-state index in [-0.39, 0.29) is 11.2 Å². The van der Waals surface area contributed by atoms with E-state index < -0.39 is 11.2 Å². The maximum absolute atomic E-state index is 11.9. The first-order valence-electron chi connectivity index (χ1n) is 6.05. The second-order valence-electron chi connectivity index (χ2n) is 5.62. The van der Waals surface area contributed by atoms with E-state index in [0.29, 0.717) is 12.5 Å². The van der Waals surface area contributed by atoms with Crippen LogP contribution < -0.4 is 16.6 Å². The highest BCUT2D eigenvalue weighted by Gasteiger charge is 2.23. The molecule has 0 unspecified atom stereocenters. The van der Waals surface area contributed by atoms with Crippen molar-refractivity contribution in [1.82, 2.24) is 14.3 Å². The van der Waals surface area contributed by atoms with E-state index >= 15 is 0 Å². The maximum atomic E-state index is 11.9. The van der Waals surface area contributed by atoms with Crippen LogP contribution in [0.15, 0.2) is 9.59 Å². The molecule has 6 nitrogen and oxygen atoms in total. The van der Waals surface area contributed by atoms with Gasteiger partial charge in [-0.3, -0.25) is 9.36 Å². The Kier molecular flexibility index (Phi) is 3.98. The average Bonchev–Trinajstić information content (AvgIpc) is 2.29. The van der Waals surface area contributed by atoms with Crippen LogP contribution in [-0.2, 0) is 14.1 Å². The monoisotopic (exact) mass is 254 g/mol. The first-order valence-corrected chi connectivity index (χ1v) is 6.05. The largest absolute Gasteiger partial charge is 0.363 e. The van der Waals surface area contributed by atoms with Gasteiger partial charge in [-0.25, -0.2) is 9.48 Å². The summed E-state index contributed by atoms with van der Waals surface area (Å²) in [5, 5.41) is 6.99. The Labute approximate surface area is 107 Å². The van der Waals surface area contributed by atoms with Crippen LogP contribution in [0.1, 0.15) is 27.7 Å². The fraction of sp³-hybridized carbons (Fsp3) is 0.750. The number of aryl methyl sites for hydroxylation is 1. The van der Waals surface area contributed by atoms with Gasteiger partial charge in [-0.1, -0.05) is 27.7 Å². The van der Waals surface area contributed by atoms with Gasteiger partial charge in [0.25, 0.3) is 5.56 Å². The van der Waals surface area contributed by atoms with Crippen LogP contribution >= 0.6 is 0 Å². The number of hydrogen-bond donors (Lipinski definition) is 1. The predicted octanol–water partition coefficient (Wildman–Crippen LogP) is 0.573. The lowest BCUT2D eigenvalue weighted by Gasteiger charge is -2.29. The second-order valence-corrected chi connectivity index (χ2v) is 5.62. The molecule has 0 aliphatic heterocycles. The normalized spacial score (nSPS) is 11.9. The van der Waals surface area contributed by atoms with E-state index in [2.05, 4.69) is 38.1 Å². The molecule has 1 heterocycles. The first-order chi connectivity index (χ1) is 8.16. The molecule has 1 N–H and O–H groups in total. The van der Waals surface area contributed by atoms with Crippen molar-refractivity contribution < 1.29 is 0 Å². The minimum absolute atomic E-state index is 0.0431. The van der Waals surface area contributed by atoms with Gasteiger partial charge in [0.15, 0.2) is 0 Å². The molecule has 0 atom stereocenters. The van der Waals surface area contributed by atoms with Gasteiger partial charge in [0.2, 0.25) is 5.82 Å². The predicted molar refractivity (Wildman–Crippen MR) is 71.8 cm³/mol. The molecule has 0 spiro atoms. The smallest absolute Gasteiger partial charge is 0.346 e. The van der Waals surface area contributed by atoms with Crippen molar-refractivity contribution in [2.45, 2.75) is 27.7 Å². The zero-order valence-electron chi connectivity index (χ0n) is 11.9. The third kappa shape index (κ3) is 2.80. The lowest BCUT2D eigenvalue weighted by Crippen LogP contribution is -2.41. The number of nitrogens with one attached hydrogen (secondary N) is 1. The fourth-order valence-corrected chi connectivity index (χ4v) is 1.32. The quantitative estimate of drug-likeness (QED) is 0.853. The molecular formula is C12H22N4O2.